The summed E-state index contributed by atoms with van der Waals surface area (Å²) in [7, 11) is 0. The van der Waals surface area contributed by atoms with E-state index in [4.69, 9.17) is 9.47 Å². The molecule has 20 heavy (non-hydrogen) atoms. The third-order valence-electron chi connectivity index (χ3n) is 3.62. The highest BCUT2D eigenvalue weighted by atomic mass is 16.5. The van der Waals surface area contributed by atoms with E-state index in [1.54, 1.807) is 0 Å². The number of benzene rings is 1. The molecule has 1 aliphatic rings. The van der Waals surface area contributed by atoms with Gasteiger partial charge in [-0.15, -0.1) is 0 Å². The number of aryl methyl sites for hydroxylation is 1. The second-order valence-corrected chi connectivity index (χ2v) is 5.19. The van der Waals surface area contributed by atoms with Crippen molar-refractivity contribution in [1.82, 2.24) is 0 Å². The first-order chi connectivity index (χ1) is 9.70. The van der Waals surface area contributed by atoms with Crippen molar-refractivity contribution in [2.24, 2.45) is 5.92 Å². The monoisotopic (exact) mass is 277 g/mol. The van der Waals surface area contributed by atoms with Crippen LogP contribution in [0.5, 0.6) is 0 Å². The van der Waals surface area contributed by atoms with Gasteiger partial charge in [-0.1, -0.05) is 12.1 Å². The predicted molar refractivity (Wildman–Crippen MR) is 78.8 cm³/mol. The highest BCUT2D eigenvalue weighted by Crippen LogP contribution is 2.23. The molecule has 1 aromatic carbocycles. The second kappa shape index (κ2) is 7.29. The van der Waals surface area contributed by atoms with Gasteiger partial charge in [-0.2, -0.15) is 0 Å². The highest BCUT2D eigenvalue weighted by molar-refractivity contribution is 5.79. The fourth-order valence-electron chi connectivity index (χ4n) is 2.56. The summed E-state index contributed by atoms with van der Waals surface area (Å²) in [5.41, 5.74) is 2.14. The summed E-state index contributed by atoms with van der Waals surface area (Å²) >= 11 is 0. The van der Waals surface area contributed by atoms with Crippen LogP contribution in [0.15, 0.2) is 24.3 Å². The molecule has 0 spiro atoms. The van der Waals surface area contributed by atoms with Crippen LogP contribution in [-0.4, -0.2) is 31.8 Å². The molecule has 2 rings (SSSR count). The van der Waals surface area contributed by atoms with Crippen LogP contribution in [-0.2, 0) is 14.3 Å². The second-order valence-electron chi connectivity index (χ2n) is 5.19. The number of hydrogen-bond donors (Lipinski definition) is 1. The number of ether oxygens (including phenoxy) is 2. The van der Waals surface area contributed by atoms with E-state index in [1.807, 2.05) is 38.1 Å². The van der Waals surface area contributed by atoms with Crippen LogP contribution in [0, 0.1) is 12.8 Å². The molecule has 1 aromatic rings. The Bertz CT molecular complexity index is 441. The van der Waals surface area contributed by atoms with Gasteiger partial charge < -0.3 is 14.8 Å². The van der Waals surface area contributed by atoms with Crippen molar-refractivity contribution < 1.29 is 14.3 Å². The van der Waals surface area contributed by atoms with E-state index < -0.39 is 0 Å². The molecule has 0 radical (unpaired) electrons. The van der Waals surface area contributed by atoms with E-state index in [0.717, 1.165) is 31.7 Å². The Morgan fingerprint density at radius 2 is 2.20 bits per heavy atom. The molecule has 4 heteroatoms. The van der Waals surface area contributed by atoms with Crippen LogP contribution in [0.25, 0.3) is 0 Å². The van der Waals surface area contributed by atoms with Crippen LogP contribution >= 0.6 is 0 Å². The Morgan fingerprint density at radius 1 is 1.45 bits per heavy atom. The van der Waals surface area contributed by atoms with E-state index in [-0.39, 0.29) is 17.9 Å². The molecular formula is C16H23NO3. The van der Waals surface area contributed by atoms with E-state index in [9.17, 15) is 4.79 Å². The molecule has 1 unspecified atom stereocenters. The summed E-state index contributed by atoms with van der Waals surface area (Å²) in [4.78, 5) is 12.2. The topological polar surface area (TPSA) is 47.6 Å². The van der Waals surface area contributed by atoms with Gasteiger partial charge in [0.25, 0.3) is 0 Å². The van der Waals surface area contributed by atoms with Gasteiger partial charge in [0.15, 0.2) is 0 Å². The number of carbonyl (C=O) groups excluding carboxylic acids is 1. The van der Waals surface area contributed by atoms with Crippen LogP contribution < -0.4 is 5.32 Å². The van der Waals surface area contributed by atoms with Crippen molar-refractivity contribution in [3.63, 3.8) is 0 Å². The summed E-state index contributed by atoms with van der Waals surface area (Å²) in [6.45, 7) is 5.73. The zero-order valence-corrected chi connectivity index (χ0v) is 12.2. The standard InChI is InChI=1S/C16H23NO3/c1-3-20-16(18)15(13-7-9-19-10-8-13)17-14-6-4-5-12(2)11-14/h4-6,11,13,15,17H,3,7-10H2,1-2H3. The van der Waals surface area contributed by atoms with Gasteiger partial charge >= 0.3 is 5.97 Å². The molecular weight excluding hydrogens is 254 g/mol. The summed E-state index contributed by atoms with van der Waals surface area (Å²) < 4.78 is 10.6. The first-order valence-corrected chi connectivity index (χ1v) is 7.28. The van der Waals surface area contributed by atoms with Gasteiger partial charge in [0.2, 0.25) is 0 Å². The molecule has 0 bridgehead atoms. The van der Waals surface area contributed by atoms with Crippen LogP contribution in [0.3, 0.4) is 0 Å². The molecule has 1 saturated heterocycles. The average Bonchev–Trinajstić information content (AvgIpc) is 2.46. The maximum atomic E-state index is 12.2. The predicted octanol–water partition coefficient (Wildman–Crippen LogP) is 2.77. The number of hydrogen-bond acceptors (Lipinski definition) is 4. The van der Waals surface area contributed by atoms with E-state index >= 15 is 0 Å². The Kier molecular flexibility index (Phi) is 5.41. The molecule has 1 N–H and O–H groups in total. The number of esters is 1. The lowest BCUT2D eigenvalue weighted by molar-refractivity contribution is -0.146. The lowest BCUT2D eigenvalue weighted by Crippen LogP contribution is -2.41. The lowest BCUT2D eigenvalue weighted by Gasteiger charge is -2.30. The van der Waals surface area contributed by atoms with Gasteiger partial charge in [-0.05, 0) is 50.3 Å². The first-order valence-electron chi connectivity index (χ1n) is 7.28. The summed E-state index contributed by atoms with van der Waals surface area (Å²) in [5.74, 6) is 0.101. The van der Waals surface area contributed by atoms with Crippen LogP contribution in [0.4, 0.5) is 5.69 Å². The molecule has 110 valence electrons. The van der Waals surface area contributed by atoms with Gasteiger partial charge in [0.1, 0.15) is 6.04 Å². The minimum Gasteiger partial charge on any atom is -0.464 e. The minimum absolute atomic E-state index is 0.166. The van der Waals surface area contributed by atoms with Gasteiger partial charge in [0, 0.05) is 18.9 Å². The largest absolute Gasteiger partial charge is 0.464 e. The molecule has 0 saturated carbocycles. The maximum absolute atomic E-state index is 12.2. The van der Waals surface area contributed by atoms with Crippen molar-refractivity contribution in [3.05, 3.63) is 29.8 Å². The molecule has 4 nitrogen and oxygen atoms in total. The fraction of sp³-hybridized carbons (Fsp3) is 0.562. The summed E-state index contributed by atoms with van der Waals surface area (Å²) in [5, 5.41) is 3.34. The molecule has 1 fully saturated rings. The van der Waals surface area contributed by atoms with Gasteiger partial charge in [0.05, 0.1) is 6.61 Å². The van der Waals surface area contributed by atoms with E-state index in [2.05, 4.69) is 5.32 Å². The van der Waals surface area contributed by atoms with E-state index in [1.165, 1.54) is 5.56 Å². The van der Waals surface area contributed by atoms with Crippen molar-refractivity contribution >= 4 is 11.7 Å². The number of carbonyl (C=O) groups is 1. The zero-order chi connectivity index (χ0) is 14.4. The number of nitrogens with one attached hydrogen (secondary N) is 1. The van der Waals surface area contributed by atoms with Crippen molar-refractivity contribution in [1.29, 1.82) is 0 Å². The average molecular weight is 277 g/mol. The SMILES string of the molecule is CCOC(=O)C(Nc1cccc(C)c1)C1CCOCC1. The van der Waals surface area contributed by atoms with Crippen molar-refractivity contribution in [2.45, 2.75) is 32.7 Å². The molecule has 1 atom stereocenters. The Labute approximate surface area is 120 Å². The summed E-state index contributed by atoms with van der Waals surface area (Å²) in [6, 6.07) is 7.77. The Morgan fingerprint density at radius 3 is 2.85 bits per heavy atom. The zero-order valence-electron chi connectivity index (χ0n) is 12.2. The third kappa shape index (κ3) is 3.97. The van der Waals surface area contributed by atoms with Crippen LogP contribution in [0.1, 0.15) is 25.3 Å². The van der Waals surface area contributed by atoms with Crippen molar-refractivity contribution in [2.75, 3.05) is 25.1 Å². The lowest BCUT2D eigenvalue weighted by atomic mass is 9.91. The third-order valence-corrected chi connectivity index (χ3v) is 3.62. The number of rotatable bonds is 5. The molecule has 0 aliphatic carbocycles. The van der Waals surface area contributed by atoms with Crippen LogP contribution in [0.2, 0.25) is 0 Å². The molecule has 0 aromatic heterocycles. The maximum Gasteiger partial charge on any atom is 0.328 e. The first kappa shape index (κ1) is 14.9. The normalized spacial score (nSPS) is 17.5. The van der Waals surface area contributed by atoms with Gasteiger partial charge in [-0.25, -0.2) is 4.79 Å². The quantitative estimate of drug-likeness (QED) is 0.841. The number of anilines is 1. The molecule has 1 aliphatic heterocycles. The summed E-state index contributed by atoms with van der Waals surface area (Å²) in [6.07, 6.45) is 1.78. The molecule has 1 heterocycles. The Hall–Kier alpha value is -1.55. The van der Waals surface area contributed by atoms with Gasteiger partial charge in [-0.3, -0.25) is 0 Å². The van der Waals surface area contributed by atoms with Crippen molar-refractivity contribution in [3.8, 4) is 0 Å². The van der Waals surface area contributed by atoms with E-state index in [0.29, 0.717) is 6.61 Å². The highest BCUT2D eigenvalue weighted by Gasteiger charge is 2.30. The molecule has 0 amide bonds. The Balaban J connectivity index is 2.10. The minimum atomic E-state index is -0.291. The fourth-order valence-corrected chi connectivity index (χ4v) is 2.56. The smallest absolute Gasteiger partial charge is 0.328 e.